The molecule has 0 aliphatic heterocycles. The van der Waals surface area contributed by atoms with E-state index in [1.54, 1.807) is 11.9 Å². The Labute approximate surface area is 156 Å². The summed E-state index contributed by atoms with van der Waals surface area (Å²) in [4.78, 5) is 26.6. The maximum atomic E-state index is 12.2. The lowest BCUT2D eigenvalue weighted by Crippen LogP contribution is -3.11. The predicted octanol–water partition coefficient (Wildman–Crippen LogP) is 1.46. The third-order valence-electron chi connectivity index (χ3n) is 3.48. The van der Waals surface area contributed by atoms with Gasteiger partial charge >= 0.3 is 6.36 Å². The number of hydrogen-bond donors (Lipinski definition) is 2. The van der Waals surface area contributed by atoms with Crippen molar-refractivity contribution >= 4 is 17.5 Å². The van der Waals surface area contributed by atoms with Gasteiger partial charge in [-0.05, 0) is 38.1 Å². The fraction of sp³-hybridized carbons (Fsp3) is 0.444. The minimum atomic E-state index is -4.76. The van der Waals surface area contributed by atoms with Gasteiger partial charge in [0.2, 0.25) is 0 Å². The van der Waals surface area contributed by atoms with E-state index in [-0.39, 0.29) is 30.7 Å². The summed E-state index contributed by atoms with van der Waals surface area (Å²) >= 11 is 0. The van der Waals surface area contributed by atoms with Crippen LogP contribution in [0.2, 0.25) is 0 Å². The molecule has 0 radical (unpaired) electrons. The summed E-state index contributed by atoms with van der Waals surface area (Å²) in [6.45, 7) is 8.71. The van der Waals surface area contributed by atoms with E-state index in [0.29, 0.717) is 23.7 Å². The number of hydrogen-bond acceptors (Lipinski definition) is 3. The highest BCUT2D eigenvalue weighted by atomic mass is 19.4. The Morgan fingerprint density at radius 2 is 1.81 bits per heavy atom. The largest absolute Gasteiger partial charge is 0.573 e. The summed E-state index contributed by atoms with van der Waals surface area (Å²) < 4.78 is 40.1. The number of likely N-dealkylation sites (N-methyl/N-ethyl adjacent to an activating group) is 2. The summed E-state index contributed by atoms with van der Waals surface area (Å²) in [5.41, 5.74) is 1.21. The van der Waals surface area contributed by atoms with Crippen molar-refractivity contribution in [2.75, 3.05) is 38.5 Å². The van der Waals surface area contributed by atoms with E-state index in [4.69, 9.17) is 0 Å². The molecule has 1 aromatic carbocycles. The average molecular weight is 388 g/mol. The fourth-order valence-electron chi connectivity index (χ4n) is 2.35. The zero-order valence-corrected chi connectivity index (χ0v) is 15.7. The highest BCUT2D eigenvalue weighted by Crippen LogP contribution is 2.23. The lowest BCUT2D eigenvalue weighted by Gasteiger charge is -2.22. The molecular formula is C18H25F3N3O3+. The van der Waals surface area contributed by atoms with E-state index in [1.165, 1.54) is 12.1 Å². The van der Waals surface area contributed by atoms with E-state index < -0.39 is 6.36 Å². The molecule has 150 valence electrons. The number of carbonyl (C=O) groups excluding carboxylic acids is 2. The summed E-state index contributed by atoms with van der Waals surface area (Å²) in [7, 11) is 1.71. The van der Waals surface area contributed by atoms with Gasteiger partial charge in [-0.3, -0.25) is 9.59 Å². The molecule has 1 aromatic rings. The van der Waals surface area contributed by atoms with Crippen LogP contribution in [-0.4, -0.2) is 56.3 Å². The minimum Gasteiger partial charge on any atom is -0.406 e. The summed E-state index contributed by atoms with van der Waals surface area (Å²) in [5, 5.41) is 2.58. The van der Waals surface area contributed by atoms with Crippen molar-refractivity contribution in [2.24, 2.45) is 0 Å². The summed E-state index contributed by atoms with van der Waals surface area (Å²) in [6.07, 6.45) is -4.76. The van der Waals surface area contributed by atoms with Crippen LogP contribution in [0, 0.1) is 0 Å². The smallest absolute Gasteiger partial charge is 0.406 e. The Kier molecular flexibility index (Phi) is 8.30. The molecule has 0 fully saturated rings. The van der Waals surface area contributed by atoms with Gasteiger partial charge in [0.15, 0.2) is 13.1 Å². The fourth-order valence-corrected chi connectivity index (χ4v) is 2.35. The van der Waals surface area contributed by atoms with Crippen molar-refractivity contribution in [1.29, 1.82) is 0 Å². The minimum absolute atomic E-state index is 0.0389. The van der Waals surface area contributed by atoms with Gasteiger partial charge < -0.3 is 19.9 Å². The van der Waals surface area contributed by atoms with Gasteiger partial charge in [-0.15, -0.1) is 13.2 Å². The molecule has 0 aromatic heterocycles. The van der Waals surface area contributed by atoms with Crippen LogP contribution in [0.25, 0.3) is 0 Å². The molecule has 2 N–H and O–H groups in total. The standard InChI is InChI=1S/C18H24F3N3O3/c1-5-24(10-13(2)3)17(26)12-23(4)11-16(25)22-14-6-8-15(9-7-14)27-18(19,20)21/h6-9H,2,5,10-12H2,1,3-4H3,(H,22,25)/p+1. The zero-order valence-electron chi connectivity index (χ0n) is 15.7. The van der Waals surface area contributed by atoms with Gasteiger partial charge in [0.1, 0.15) is 5.75 Å². The first-order chi connectivity index (χ1) is 12.5. The van der Waals surface area contributed by atoms with E-state index in [9.17, 15) is 22.8 Å². The van der Waals surface area contributed by atoms with Gasteiger partial charge in [0.05, 0.1) is 7.05 Å². The normalized spacial score (nSPS) is 12.2. The van der Waals surface area contributed by atoms with Gasteiger partial charge in [0.25, 0.3) is 11.8 Å². The van der Waals surface area contributed by atoms with Gasteiger partial charge in [-0.25, -0.2) is 0 Å². The van der Waals surface area contributed by atoms with Gasteiger partial charge in [0, 0.05) is 18.8 Å². The molecule has 1 unspecified atom stereocenters. The molecule has 0 bridgehead atoms. The Hall–Kier alpha value is -2.55. The second kappa shape index (κ2) is 9.96. The Morgan fingerprint density at radius 3 is 2.30 bits per heavy atom. The highest BCUT2D eigenvalue weighted by Gasteiger charge is 2.31. The van der Waals surface area contributed by atoms with E-state index in [0.717, 1.165) is 17.7 Å². The molecule has 0 saturated heterocycles. The van der Waals surface area contributed by atoms with E-state index in [2.05, 4.69) is 16.6 Å². The van der Waals surface area contributed by atoms with Crippen LogP contribution in [0.15, 0.2) is 36.4 Å². The Balaban J connectivity index is 2.51. The van der Waals surface area contributed by atoms with Crippen molar-refractivity contribution in [3.8, 4) is 5.75 Å². The van der Waals surface area contributed by atoms with Crippen molar-refractivity contribution in [2.45, 2.75) is 20.2 Å². The monoisotopic (exact) mass is 388 g/mol. The summed E-state index contributed by atoms with van der Waals surface area (Å²) in [5.74, 6) is -0.807. The number of nitrogens with zero attached hydrogens (tertiary/aromatic N) is 1. The van der Waals surface area contributed by atoms with Crippen molar-refractivity contribution in [3.05, 3.63) is 36.4 Å². The summed E-state index contributed by atoms with van der Waals surface area (Å²) in [6, 6.07) is 4.84. The van der Waals surface area contributed by atoms with Gasteiger partial charge in [-0.1, -0.05) is 12.2 Å². The van der Waals surface area contributed by atoms with Crippen LogP contribution >= 0.6 is 0 Å². The number of quaternary nitrogens is 1. The predicted molar refractivity (Wildman–Crippen MR) is 95.4 cm³/mol. The van der Waals surface area contributed by atoms with Crippen LogP contribution in [-0.2, 0) is 9.59 Å². The number of carbonyl (C=O) groups is 2. The molecule has 1 rings (SSSR count). The van der Waals surface area contributed by atoms with E-state index >= 15 is 0 Å². The molecule has 0 saturated carbocycles. The molecule has 0 aliphatic rings. The highest BCUT2D eigenvalue weighted by molar-refractivity contribution is 5.91. The lowest BCUT2D eigenvalue weighted by atomic mass is 10.3. The van der Waals surface area contributed by atoms with Crippen molar-refractivity contribution in [3.63, 3.8) is 0 Å². The number of nitrogens with one attached hydrogen (secondary N) is 2. The second-order valence-corrected chi connectivity index (χ2v) is 6.30. The molecule has 6 nitrogen and oxygen atoms in total. The molecule has 2 amide bonds. The number of alkyl halides is 3. The molecule has 1 atom stereocenters. The van der Waals surface area contributed by atoms with Crippen LogP contribution in [0.4, 0.5) is 18.9 Å². The number of rotatable bonds is 9. The van der Waals surface area contributed by atoms with Crippen LogP contribution in [0.1, 0.15) is 13.8 Å². The first-order valence-corrected chi connectivity index (χ1v) is 8.39. The van der Waals surface area contributed by atoms with Crippen molar-refractivity contribution < 1.29 is 32.4 Å². The van der Waals surface area contributed by atoms with Crippen molar-refractivity contribution in [1.82, 2.24) is 4.90 Å². The number of halogens is 3. The topological polar surface area (TPSA) is 63.1 Å². The zero-order chi connectivity index (χ0) is 20.6. The number of ether oxygens (including phenoxy) is 1. The number of anilines is 1. The SMILES string of the molecule is C=C(C)CN(CC)C(=O)C[NH+](C)CC(=O)Nc1ccc(OC(F)(F)F)cc1. The molecule has 0 spiro atoms. The van der Waals surface area contributed by atoms with E-state index in [1.807, 2.05) is 13.8 Å². The van der Waals surface area contributed by atoms with Gasteiger partial charge in [-0.2, -0.15) is 0 Å². The first kappa shape index (κ1) is 22.5. The Morgan fingerprint density at radius 1 is 1.22 bits per heavy atom. The second-order valence-electron chi connectivity index (χ2n) is 6.30. The maximum Gasteiger partial charge on any atom is 0.573 e. The molecule has 9 heteroatoms. The van der Waals surface area contributed by atoms with Crippen LogP contribution < -0.4 is 15.0 Å². The number of benzene rings is 1. The lowest BCUT2D eigenvalue weighted by molar-refractivity contribution is -0.862. The average Bonchev–Trinajstić information content (AvgIpc) is 2.52. The molecular weight excluding hydrogens is 363 g/mol. The third-order valence-corrected chi connectivity index (χ3v) is 3.48. The van der Waals surface area contributed by atoms with Crippen LogP contribution in [0.5, 0.6) is 5.75 Å². The van der Waals surface area contributed by atoms with Crippen LogP contribution in [0.3, 0.4) is 0 Å². The maximum absolute atomic E-state index is 12.2. The molecule has 0 aliphatic carbocycles. The number of amides is 2. The quantitative estimate of drug-likeness (QED) is 0.630. The molecule has 27 heavy (non-hydrogen) atoms. The molecule has 0 heterocycles. The Bertz CT molecular complexity index is 660. The first-order valence-electron chi connectivity index (χ1n) is 8.39. The third kappa shape index (κ3) is 9.09.